The van der Waals surface area contributed by atoms with Gasteiger partial charge in [0, 0.05) is 23.5 Å². The lowest BCUT2D eigenvalue weighted by Gasteiger charge is -2.07. The van der Waals surface area contributed by atoms with E-state index in [1.807, 2.05) is 0 Å². The van der Waals surface area contributed by atoms with Crippen molar-refractivity contribution in [3.8, 4) is 0 Å². The van der Waals surface area contributed by atoms with Crippen LogP contribution in [0.5, 0.6) is 0 Å². The summed E-state index contributed by atoms with van der Waals surface area (Å²) in [6.45, 7) is 1.52. The highest BCUT2D eigenvalue weighted by molar-refractivity contribution is 7.92. The average molecular weight is 298 g/mol. The summed E-state index contributed by atoms with van der Waals surface area (Å²) in [7, 11) is -3.34. The van der Waals surface area contributed by atoms with Crippen molar-refractivity contribution in [2.75, 3.05) is 15.8 Å². The number of hydrogen-bond donors (Lipinski definition) is 3. The maximum Gasteiger partial charge on any atom is 0.328 e. The van der Waals surface area contributed by atoms with Crippen molar-refractivity contribution in [3.63, 3.8) is 0 Å². The van der Waals surface area contributed by atoms with Crippen LogP contribution in [-0.2, 0) is 19.6 Å². The van der Waals surface area contributed by atoms with E-state index >= 15 is 0 Å². The first kappa shape index (κ1) is 15.7. The number of sulfonamides is 1. The van der Waals surface area contributed by atoms with E-state index in [1.165, 1.54) is 31.2 Å². The first-order valence-electron chi connectivity index (χ1n) is 5.65. The number of amides is 1. The highest BCUT2D eigenvalue weighted by Crippen LogP contribution is 2.14. The quantitative estimate of drug-likeness (QED) is 0.679. The van der Waals surface area contributed by atoms with Crippen molar-refractivity contribution in [1.82, 2.24) is 0 Å². The fraction of sp³-hybridized carbons (Fsp3) is 0.167. The Bertz CT molecular complexity index is 620. The minimum atomic E-state index is -3.34. The fourth-order valence-electron chi connectivity index (χ4n) is 1.20. The van der Waals surface area contributed by atoms with Crippen LogP contribution in [0.25, 0.3) is 0 Å². The molecule has 1 rings (SSSR count). The molecule has 0 radical (unpaired) electrons. The fourth-order valence-corrected chi connectivity index (χ4v) is 1.84. The molecular weight excluding hydrogens is 284 g/mol. The third kappa shape index (κ3) is 5.53. The predicted molar refractivity (Wildman–Crippen MR) is 74.9 cm³/mol. The number of nitrogens with one attached hydrogen (secondary N) is 2. The van der Waals surface area contributed by atoms with Gasteiger partial charge in [0.1, 0.15) is 0 Å². The molecule has 0 aliphatic rings. The molecule has 0 aliphatic heterocycles. The zero-order valence-corrected chi connectivity index (χ0v) is 11.5. The standard InChI is InChI=1S/C12H14N2O5S/c1-2-20(18,19)14-10-5-3-9(4-6-10)13-11(15)7-8-12(16)17/h3-8,14H,2H2,1H3,(H,13,15)(H,16,17)/b8-7+. The van der Waals surface area contributed by atoms with Crippen LogP contribution < -0.4 is 10.0 Å². The van der Waals surface area contributed by atoms with Crippen LogP contribution in [0.3, 0.4) is 0 Å². The number of carbonyl (C=O) groups excluding carboxylic acids is 1. The van der Waals surface area contributed by atoms with Gasteiger partial charge in [-0.25, -0.2) is 13.2 Å². The highest BCUT2D eigenvalue weighted by Gasteiger charge is 2.06. The van der Waals surface area contributed by atoms with Gasteiger partial charge in [0.25, 0.3) is 0 Å². The zero-order chi connectivity index (χ0) is 15.2. The maximum absolute atomic E-state index is 11.3. The van der Waals surface area contributed by atoms with Gasteiger partial charge in [0.15, 0.2) is 0 Å². The van der Waals surface area contributed by atoms with Crippen molar-refractivity contribution < 1.29 is 23.1 Å². The number of hydrogen-bond acceptors (Lipinski definition) is 4. The molecule has 0 saturated carbocycles. The number of carboxylic acid groups (broad SMARTS) is 1. The van der Waals surface area contributed by atoms with E-state index in [9.17, 15) is 18.0 Å². The third-order valence-electron chi connectivity index (χ3n) is 2.18. The highest BCUT2D eigenvalue weighted by atomic mass is 32.2. The molecule has 0 aliphatic carbocycles. The summed E-state index contributed by atoms with van der Waals surface area (Å²) in [5, 5.41) is 10.8. The monoisotopic (exact) mass is 298 g/mol. The molecule has 20 heavy (non-hydrogen) atoms. The lowest BCUT2D eigenvalue weighted by atomic mass is 10.3. The molecule has 1 aromatic rings. The lowest BCUT2D eigenvalue weighted by Crippen LogP contribution is -2.14. The second-order valence-corrected chi connectivity index (χ2v) is 5.75. The Morgan fingerprint density at radius 3 is 2.20 bits per heavy atom. The Morgan fingerprint density at radius 1 is 1.15 bits per heavy atom. The van der Waals surface area contributed by atoms with E-state index in [0.29, 0.717) is 11.4 Å². The van der Waals surface area contributed by atoms with Gasteiger partial charge in [-0.05, 0) is 31.2 Å². The molecule has 1 amide bonds. The average Bonchev–Trinajstić information content (AvgIpc) is 2.38. The third-order valence-corrected chi connectivity index (χ3v) is 3.49. The Labute approximate surface area is 116 Å². The van der Waals surface area contributed by atoms with Gasteiger partial charge < -0.3 is 10.4 Å². The van der Waals surface area contributed by atoms with Crippen LogP contribution in [0.2, 0.25) is 0 Å². The Kier molecular flexibility index (Phi) is 5.27. The zero-order valence-electron chi connectivity index (χ0n) is 10.7. The van der Waals surface area contributed by atoms with E-state index in [2.05, 4.69) is 10.0 Å². The van der Waals surface area contributed by atoms with Crippen LogP contribution in [0, 0.1) is 0 Å². The van der Waals surface area contributed by atoms with Gasteiger partial charge in [0.05, 0.1) is 5.75 Å². The largest absolute Gasteiger partial charge is 0.478 e. The van der Waals surface area contributed by atoms with Crippen molar-refractivity contribution in [3.05, 3.63) is 36.4 Å². The SMILES string of the molecule is CCS(=O)(=O)Nc1ccc(NC(=O)/C=C/C(=O)O)cc1. The summed E-state index contributed by atoms with van der Waals surface area (Å²) in [6.07, 6.45) is 1.61. The first-order chi connectivity index (χ1) is 9.32. The van der Waals surface area contributed by atoms with Gasteiger partial charge in [-0.3, -0.25) is 9.52 Å². The molecule has 0 heterocycles. The molecule has 0 saturated heterocycles. The number of benzene rings is 1. The molecule has 0 spiro atoms. The minimum absolute atomic E-state index is 0.0362. The summed E-state index contributed by atoms with van der Waals surface area (Å²) in [6, 6.07) is 5.98. The van der Waals surface area contributed by atoms with Crippen molar-refractivity contribution in [1.29, 1.82) is 0 Å². The molecule has 0 unspecified atom stereocenters. The summed E-state index contributed by atoms with van der Waals surface area (Å²) in [5.41, 5.74) is 0.801. The Morgan fingerprint density at radius 2 is 1.70 bits per heavy atom. The van der Waals surface area contributed by atoms with Crippen LogP contribution in [0.15, 0.2) is 36.4 Å². The van der Waals surface area contributed by atoms with Crippen molar-refractivity contribution >= 4 is 33.3 Å². The number of carboxylic acids is 1. The lowest BCUT2D eigenvalue weighted by molar-refractivity contribution is -0.131. The van der Waals surface area contributed by atoms with Crippen molar-refractivity contribution in [2.24, 2.45) is 0 Å². The molecule has 0 aromatic heterocycles. The molecule has 7 nitrogen and oxygen atoms in total. The topological polar surface area (TPSA) is 113 Å². The summed E-state index contributed by atoms with van der Waals surface area (Å²) in [4.78, 5) is 21.5. The van der Waals surface area contributed by atoms with Gasteiger partial charge in [-0.2, -0.15) is 0 Å². The summed E-state index contributed by atoms with van der Waals surface area (Å²) in [5.74, 6) is -1.84. The Balaban J connectivity index is 2.68. The maximum atomic E-state index is 11.3. The van der Waals surface area contributed by atoms with Crippen LogP contribution in [-0.4, -0.2) is 31.2 Å². The molecule has 0 atom stereocenters. The summed E-state index contributed by atoms with van der Waals surface area (Å²) < 4.78 is 25.0. The first-order valence-corrected chi connectivity index (χ1v) is 7.30. The van der Waals surface area contributed by atoms with E-state index in [0.717, 1.165) is 12.2 Å². The molecule has 108 valence electrons. The number of rotatable bonds is 6. The smallest absolute Gasteiger partial charge is 0.328 e. The predicted octanol–water partition coefficient (Wildman–Crippen LogP) is 1.03. The number of carbonyl (C=O) groups is 2. The molecule has 1 aromatic carbocycles. The van der Waals surface area contributed by atoms with E-state index in [-0.39, 0.29) is 5.75 Å². The van der Waals surface area contributed by atoms with E-state index in [1.54, 1.807) is 0 Å². The molecule has 3 N–H and O–H groups in total. The molecule has 0 fully saturated rings. The van der Waals surface area contributed by atoms with Crippen LogP contribution >= 0.6 is 0 Å². The normalized spacial score (nSPS) is 11.2. The van der Waals surface area contributed by atoms with Gasteiger partial charge in [-0.15, -0.1) is 0 Å². The van der Waals surface area contributed by atoms with Gasteiger partial charge in [0.2, 0.25) is 15.9 Å². The van der Waals surface area contributed by atoms with E-state index in [4.69, 9.17) is 5.11 Å². The molecule has 0 bridgehead atoms. The van der Waals surface area contributed by atoms with Gasteiger partial charge >= 0.3 is 5.97 Å². The second-order valence-electron chi connectivity index (χ2n) is 3.74. The van der Waals surface area contributed by atoms with Crippen LogP contribution in [0.4, 0.5) is 11.4 Å². The Hall–Kier alpha value is -2.35. The second kappa shape index (κ2) is 6.71. The number of anilines is 2. The van der Waals surface area contributed by atoms with Crippen molar-refractivity contribution in [2.45, 2.75) is 6.92 Å². The number of aliphatic carboxylic acids is 1. The van der Waals surface area contributed by atoms with E-state index < -0.39 is 21.9 Å². The minimum Gasteiger partial charge on any atom is -0.478 e. The molecule has 8 heteroatoms. The van der Waals surface area contributed by atoms with Crippen LogP contribution in [0.1, 0.15) is 6.92 Å². The molecular formula is C12H14N2O5S. The summed E-state index contributed by atoms with van der Waals surface area (Å²) >= 11 is 0. The van der Waals surface area contributed by atoms with Gasteiger partial charge in [-0.1, -0.05) is 0 Å².